The van der Waals surface area contributed by atoms with Gasteiger partial charge in [0.25, 0.3) is 0 Å². The Hall–Kier alpha value is -2.16. The SMILES string of the molecule is CN=C1SC(CC(=O)Nc2ccc(OC(F)F)cc2)C(=O)N1C. The van der Waals surface area contributed by atoms with Crippen LogP contribution in [0.25, 0.3) is 0 Å². The van der Waals surface area contributed by atoms with Crippen LogP contribution in [0.3, 0.4) is 0 Å². The Morgan fingerprint density at radius 2 is 2.09 bits per heavy atom. The molecule has 0 saturated carbocycles. The van der Waals surface area contributed by atoms with E-state index < -0.39 is 11.9 Å². The van der Waals surface area contributed by atoms with Crippen LogP contribution in [0.15, 0.2) is 29.3 Å². The second-order valence-corrected chi connectivity index (χ2v) is 5.83. The van der Waals surface area contributed by atoms with Gasteiger partial charge >= 0.3 is 6.61 Å². The number of thioether (sulfide) groups is 1. The number of hydrogen-bond acceptors (Lipinski definition) is 5. The first-order valence-electron chi connectivity index (χ1n) is 6.66. The number of alkyl halides is 2. The number of halogens is 2. The maximum atomic E-state index is 12.0. The number of aliphatic imine (C=N–C) groups is 1. The average molecular weight is 343 g/mol. The number of amidine groups is 1. The van der Waals surface area contributed by atoms with E-state index in [1.165, 1.54) is 40.9 Å². The molecule has 1 N–H and O–H groups in total. The van der Waals surface area contributed by atoms with Crippen molar-refractivity contribution in [3.8, 4) is 5.75 Å². The van der Waals surface area contributed by atoms with Gasteiger partial charge in [0.15, 0.2) is 5.17 Å². The van der Waals surface area contributed by atoms with E-state index in [2.05, 4.69) is 15.0 Å². The standard InChI is InChI=1S/C14H15F2N3O3S/c1-17-14-19(2)12(21)10(23-14)7-11(20)18-8-3-5-9(6-4-8)22-13(15)16/h3-6,10,13H,7H2,1-2H3,(H,18,20). The van der Waals surface area contributed by atoms with Crippen LogP contribution in [0.5, 0.6) is 5.75 Å². The fourth-order valence-electron chi connectivity index (χ4n) is 2.00. The van der Waals surface area contributed by atoms with E-state index in [4.69, 9.17) is 0 Å². The zero-order chi connectivity index (χ0) is 17.0. The lowest BCUT2D eigenvalue weighted by Crippen LogP contribution is -2.30. The molecule has 1 fully saturated rings. The first kappa shape index (κ1) is 17.2. The van der Waals surface area contributed by atoms with E-state index in [1.807, 2.05) is 0 Å². The van der Waals surface area contributed by atoms with Crippen LogP contribution in [0.4, 0.5) is 14.5 Å². The Morgan fingerprint density at radius 3 is 2.61 bits per heavy atom. The third-order valence-electron chi connectivity index (χ3n) is 3.07. The highest BCUT2D eigenvalue weighted by Crippen LogP contribution is 2.28. The summed E-state index contributed by atoms with van der Waals surface area (Å²) in [7, 11) is 3.19. The van der Waals surface area contributed by atoms with Gasteiger partial charge in [0.2, 0.25) is 11.8 Å². The summed E-state index contributed by atoms with van der Waals surface area (Å²) in [5.74, 6) is -0.513. The maximum absolute atomic E-state index is 12.0. The van der Waals surface area contributed by atoms with Crippen molar-refractivity contribution in [3.63, 3.8) is 0 Å². The van der Waals surface area contributed by atoms with Crippen molar-refractivity contribution < 1.29 is 23.1 Å². The molecule has 0 aromatic heterocycles. The molecule has 0 spiro atoms. The van der Waals surface area contributed by atoms with E-state index in [-0.39, 0.29) is 24.0 Å². The lowest BCUT2D eigenvalue weighted by Gasteiger charge is -2.10. The van der Waals surface area contributed by atoms with Gasteiger partial charge in [-0.3, -0.25) is 19.5 Å². The van der Waals surface area contributed by atoms with E-state index in [9.17, 15) is 18.4 Å². The number of benzene rings is 1. The van der Waals surface area contributed by atoms with Gasteiger partial charge in [0, 0.05) is 26.2 Å². The Kier molecular flexibility index (Phi) is 5.54. The quantitative estimate of drug-likeness (QED) is 0.889. The van der Waals surface area contributed by atoms with Gasteiger partial charge in [0.1, 0.15) is 11.0 Å². The molecule has 0 bridgehead atoms. The molecule has 1 unspecified atom stereocenters. The fourth-order valence-corrected chi connectivity index (χ4v) is 3.10. The minimum absolute atomic E-state index is 0.00213. The second-order valence-electron chi connectivity index (χ2n) is 4.67. The van der Waals surface area contributed by atoms with Crippen LogP contribution in [0.2, 0.25) is 0 Å². The number of anilines is 1. The van der Waals surface area contributed by atoms with Gasteiger partial charge in [-0.25, -0.2) is 0 Å². The number of carbonyl (C=O) groups excluding carboxylic acids is 2. The molecular formula is C14H15F2N3O3S. The number of carbonyl (C=O) groups is 2. The zero-order valence-electron chi connectivity index (χ0n) is 12.5. The molecule has 1 atom stereocenters. The summed E-state index contributed by atoms with van der Waals surface area (Å²) >= 11 is 1.24. The van der Waals surface area contributed by atoms with Crippen LogP contribution in [-0.4, -0.2) is 47.8 Å². The predicted molar refractivity (Wildman–Crippen MR) is 83.8 cm³/mol. The molecule has 0 radical (unpaired) electrons. The van der Waals surface area contributed by atoms with E-state index in [0.717, 1.165) is 0 Å². The summed E-state index contributed by atoms with van der Waals surface area (Å²) in [5.41, 5.74) is 0.435. The van der Waals surface area contributed by atoms with E-state index >= 15 is 0 Å². The Labute approximate surface area is 135 Å². The Morgan fingerprint density at radius 1 is 1.43 bits per heavy atom. The summed E-state index contributed by atoms with van der Waals surface area (Å²) in [6, 6.07) is 5.55. The highest BCUT2D eigenvalue weighted by molar-refractivity contribution is 8.15. The van der Waals surface area contributed by atoms with Crippen molar-refractivity contribution in [2.24, 2.45) is 4.99 Å². The number of nitrogens with one attached hydrogen (secondary N) is 1. The molecule has 1 aliphatic heterocycles. The highest BCUT2D eigenvalue weighted by Gasteiger charge is 2.36. The zero-order valence-corrected chi connectivity index (χ0v) is 13.3. The Balaban J connectivity index is 1.91. The summed E-state index contributed by atoms with van der Waals surface area (Å²) in [6.07, 6.45) is 0.00213. The Bertz CT molecular complexity index is 622. The monoisotopic (exact) mass is 343 g/mol. The molecule has 2 amide bonds. The molecule has 1 heterocycles. The molecule has 23 heavy (non-hydrogen) atoms. The van der Waals surface area contributed by atoms with E-state index in [1.54, 1.807) is 14.1 Å². The number of amides is 2. The first-order chi connectivity index (χ1) is 10.9. The van der Waals surface area contributed by atoms with Crippen molar-refractivity contribution in [3.05, 3.63) is 24.3 Å². The molecule has 2 rings (SSSR count). The molecule has 1 aliphatic rings. The smallest absolute Gasteiger partial charge is 0.387 e. The van der Waals surface area contributed by atoms with Crippen molar-refractivity contribution >= 4 is 34.4 Å². The molecule has 1 aromatic rings. The van der Waals surface area contributed by atoms with Crippen molar-refractivity contribution in [2.45, 2.75) is 18.3 Å². The normalized spacial score (nSPS) is 19.5. The third-order valence-corrected chi connectivity index (χ3v) is 4.39. The summed E-state index contributed by atoms with van der Waals surface area (Å²) in [6.45, 7) is -2.90. The average Bonchev–Trinajstić information content (AvgIpc) is 2.76. The van der Waals surface area contributed by atoms with Crippen molar-refractivity contribution in [1.82, 2.24) is 4.90 Å². The van der Waals surface area contributed by atoms with Gasteiger partial charge in [-0.1, -0.05) is 11.8 Å². The van der Waals surface area contributed by atoms with Gasteiger partial charge in [0.05, 0.1) is 0 Å². The minimum atomic E-state index is -2.90. The maximum Gasteiger partial charge on any atom is 0.387 e. The van der Waals surface area contributed by atoms with Crippen LogP contribution in [0.1, 0.15) is 6.42 Å². The fraction of sp³-hybridized carbons (Fsp3) is 0.357. The topological polar surface area (TPSA) is 71.0 Å². The number of rotatable bonds is 5. The molecular weight excluding hydrogens is 328 g/mol. The second kappa shape index (κ2) is 7.40. The van der Waals surface area contributed by atoms with Gasteiger partial charge in [-0.15, -0.1) is 0 Å². The lowest BCUT2D eigenvalue weighted by atomic mass is 10.2. The molecule has 6 nitrogen and oxygen atoms in total. The van der Waals surface area contributed by atoms with Crippen LogP contribution in [-0.2, 0) is 9.59 Å². The number of hydrogen-bond donors (Lipinski definition) is 1. The van der Waals surface area contributed by atoms with Crippen LogP contribution >= 0.6 is 11.8 Å². The minimum Gasteiger partial charge on any atom is -0.435 e. The summed E-state index contributed by atoms with van der Waals surface area (Å²) in [4.78, 5) is 29.3. The molecule has 124 valence electrons. The largest absolute Gasteiger partial charge is 0.435 e. The van der Waals surface area contributed by atoms with Crippen molar-refractivity contribution in [2.75, 3.05) is 19.4 Å². The van der Waals surface area contributed by atoms with Crippen LogP contribution in [0, 0.1) is 0 Å². The highest BCUT2D eigenvalue weighted by atomic mass is 32.2. The molecule has 1 aromatic carbocycles. The number of nitrogens with zero attached hydrogens (tertiary/aromatic N) is 2. The molecule has 0 aliphatic carbocycles. The first-order valence-corrected chi connectivity index (χ1v) is 7.54. The lowest BCUT2D eigenvalue weighted by molar-refractivity contribution is -0.127. The molecule has 1 saturated heterocycles. The van der Waals surface area contributed by atoms with Crippen molar-refractivity contribution in [1.29, 1.82) is 0 Å². The molecule has 9 heteroatoms. The summed E-state index contributed by atoms with van der Waals surface area (Å²) in [5, 5.41) is 2.67. The third kappa shape index (κ3) is 4.41. The van der Waals surface area contributed by atoms with E-state index in [0.29, 0.717) is 10.9 Å². The number of ether oxygens (including phenoxy) is 1. The van der Waals surface area contributed by atoms with Gasteiger partial charge in [-0.2, -0.15) is 8.78 Å². The predicted octanol–water partition coefficient (Wildman–Crippen LogP) is 2.18. The summed E-state index contributed by atoms with van der Waals surface area (Å²) < 4.78 is 28.3. The van der Waals surface area contributed by atoms with Gasteiger partial charge < -0.3 is 10.1 Å². The van der Waals surface area contributed by atoms with Crippen LogP contribution < -0.4 is 10.1 Å². The van der Waals surface area contributed by atoms with Gasteiger partial charge in [-0.05, 0) is 24.3 Å².